The van der Waals surface area contributed by atoms with E-state index in [0.717, 1.165) is 6.07 Å². The average Bonchev–Trinajstić information content (AvgIpc) is 2.67. The van der Waals surface area contributed by atoms with Crippen molar-refractivity contribution >= 4 is 21.4 Å². The first-order valence-corrected chi connectivity index (χ1v) is 7.86. The minimum absolute atomic E-state index is 0.0144. The maximum atomic E-state index is 13.3. The molecule has 1 amide bonds. The molecule has 20 heavy (non-hydrogen) atoms. The van der Waals surface area contributed by atoms with E-state index in [2.05, 4.69) is 10.6 Å². The molecule has 5 nitrogen and oxygen atoms in total. The van der Waals surface area contributed by atoms with Crippen LogP contribution in [-0.4, -0.2) is 38.4 Å². The van der Waals surface area contributed by atoms with Gasteiger partial charge in [-0.05, 0) is 18.6 Å². The van der Waals surface area contributed by atoms with Crippen LogP contribution in [0.25, 0.3) is 0 Å². The summed E-state index contributed by atoms with van der Waals surface area (Å²) in [5, 5.41) is 5.09. The molecule has 1 saturated heterocycles. The Labute approximate surface area is 115 Å². The number of hydrogen-bond donors (Lipinski definition) is 2. The van der Waals surface area contributed by atoms with Crippen LogP contribution in [0.5, 0.6) is 0 Å². The van der Waals surface area contributed by atoms with Crippen molar-refractivity contribution in [3.05, 3.63) is 29.8 Å². The number of nitrogens with one attached hydrogen (secondary N) is 2. The SMILES string of the molecule is O=C(CNc1ccc(F)cc1F)NC1CCS(=O)(=O)C1. The van der Waals surface area contributed by atoms with Crippen molar-refractivity contribution in [3.63, 3.8) is 0 Å². The Morgan fingerprint density at radius 2 is 2.10 bits per heavy atom. The molecule has 1 atom stereocenters. The summed E-state index contributed by atoms with van der Waals surface area (Å²) in [6.45, 7) is -0.209. The molecule has 0 aliphatic carbocycles. The van der Waals surface area contributed by atoms with E-state index in [1.54, 1.807) is 0 Å². The molecular formula is C12H14F2N2O3S. The molecular weight excluding hydrogens is 290 g/mol. The van der Waals surface area contributed by atoms with Crippen LogP contribution in [0.1, 0.15) is 6.42 Å². The number of benzene rings is 1. The zero-order chi connectivity index (χ0) is 14.8. The van der Waals surface area contributed by atoms with Gasteiger partial charge in [0.25, 0.3) is 0 Å². The summed E-state index contributed by atoms with van der Waals surface area (Å²) in [7, 11) is -3.06. The topological polar surface area (TPSA) is 75.3 Å². The van der Waals surface area contributed by atoms with Gasteiger partial charge in [-0.2, -0.15) is 0 Å². The molecule has 2 rings (SSSR count). The van der Waals surface area contributed by atoms with Crippen molar-refractivity contribution in [2.75, 3.05) is 23.4 Å². The van der Waals surface area contributed by atoms with Gasteiger partial charge in [0.2, 0.25) is 5.91 Å². The van der Waals surface area contributed by atoms with E-state index in [1.807, 2.05) is 0 Å². The predicted octanol–water partition coefficient (Wildman–Crippen LogP) is 0.680. The van der Waals surface area contributed by atoms with E-state index in [1.165, 1.54) is 6.07 Å². The zero-order valence-electron chi connectivity index (χ0n) is 10.5. The molecule has 1 unspecified atom stereocenters. The highest BCUT2D eigenvalue weighted by atomic mass is 32.2. The number of halogens is 2. The average molecular weight is 304 g/mol. The third-order valence-electron chi connectivity index (χ3n) is 2.97. The third kappa shape index (κ3) is 3.89. The summed E-state index contributed by atoms with van der Waals surface area (Å²) in [6.07, 6.45) is 0.388. The number of hydrogen-bond acceptors (Lipinski definition) is 4. The normalized spacial score (nSPS) is 20.6. The minimum atomic E-state index is -3.06. The molecule has 1 aliphatic rings. The van der Waals surface area contributed by atoms with E-state index < -0.39 is 33.4 Å². The number of rotatable bonds is 4. The molecule has 110 valence electrons. The Hall–Kier alpha value is -1.70. The Kier molecular flexibility index (Phi) is 4.22. The standard InChI is InChI=1S/C12H14F2N2O3S/c13-8-1-2-11(10(14)5-8)15-6-12(17)16-9-3-4-20(18,19)7-9/h1-2,5,9,15H,3-4,6-7H2,(H,16,17). The molecule has 0 spiro atoms. The fraction of sp³-hybridized carbons (Fsp3) is 0.417. The van der Waals surface area contributed by atoms with Gasteiger partial charge in [0.15, 0.2) is 9.84 Å². The van der Waals surface area contributed by atoms with Crippen LogP contribution < -0.4 is 10.6 Å². The third-order valence-corrected chi connectivity index (χ3v) is 4.74. The quantitative estimate of drug-likeness (QED) is 0.858. The Morgan fingerprint density at radius 3 is 2.70 bits per heavy atom. The van der Waals surface area contributed by atoms with Crippen LogP contribution in [0.4, 0.5) is 14.5 Å². The number of anilines is 1. The number of sulfone groups is 1. The Bertz CT molecular complexity index is 619. The van der Waals surface area contributed by atoms with Gasteiger partial charge in [0, 0.05) is 12.1 Å². The van der Waals surface area contributed by atoms with Gasteiger partial charge >= 0.3 is 0 Å². The Balaban J connectivity index is 1.84. The molecule has 0 aromatic heterocycles. The van der Waals surface area contributed by atoms with E-state index in [9.17, 15) is 22.0 Å². The molecule has 8 heteroatoms. The molecule has 1 aromatic carbocycles. The van der Waals surface area contributed by atoms with Gasteiger partial charge < -0.3 is 10.6 Å². The first-order chi connectivity index (χ1) is 9.35. The van der Waals surface area contributed by atoms with Crippen LogP contribution in [-0.2, 0) is 14.6 Å². The van der Waals surface area contributed by atoms with Crippen molar-refractivity contribution < 1.29 is 22.0 Å². The van der Waals surface area contributed by atoms with Crippen LogP contribution in [0.15, 0.2) is 18.2 Å². The summed E-state index contributed by atoms with van der Waals surface area (Å²) in [5.41, 5.74) is 0.0144. The van der Waals surface area contributed by atoms with Crippen LogP contribution in [0.2, 0.25) is 0 Å². The summed E-state index contributed by atoms with van der Waals surface area (Å²) < 4.78 is 48.4. The highest BCUT2D eigenvalue weighted by molar-refractivity contribution is 7.91. The fourth-order valence-electron chi connectivity index (χ4n) is 2.00. The van der Waals surface area contributed by atoms with E-state index in [-0.39, 0.29) is 23.7 Å². The summed E-state index contributed by atoms with van der Waals surface area (Å²) in [6, 6.07) is 2.58. The summed E-state index contributed by atoms with van der Waals surface area (Å²) in [5.74, 6) is -1.92. The second kappa shape index (κ2) is 5.74. The smallest absolute Gasteiger partial charge is 0.239 e. The lowest BCUT2D eigenvalue weighted by Gasteiger charge is -2.12. The largest absolute Gasteiger partial charge is 0.374 e. The highest BCUT2D eigenvalue weighted by Gasteiger charge is 2.28. The molecule has 0 bridgehead atoms. The molecule has 1 aliphatic heterocycles. The molecule has 1 fully saturated rings. The van der Waals surface area contributed by atoms with Crippen molar-refractivity contribution in [2.24, 2.45) is 0 Å². The predicted molar refractivity (Wildman–Crippen MR) is 70.0 cm³/mol. The van der Waals surface area contributed by atoms with Crippen LogP contribution >= 0.6 is 0 Å². The van der Waals surface area contributed by atoms with Gasteiger partial charge in [-0.1, -0.05) is 0 Å². The van der Waals surface area contributed by atoms with Gasteiger partial charge in [-0.25, -0.2) is 17.2 Å². The van der Waals surface area contributed by atoms with Gasteiger partial charge in [0.1, 0.15) is 11.6 Å². The number of carbonyl (C=O) groups excluding carboxylic acids is 1. The summed E-state index contributed by atoms with van der Waals surface area (Å²) >= 11 is 0. The molecule has 1 aromatic rings. The molecule has 0 saturated carbocycles. The van der Waals surface area contributed by atoms with Gasteiger partial charge in [-0.15, -0.1) is 0 Å². The zero-order valence-corrected chi connectivity index (χ0v) is 11.3. The summed E-state index contributed by atoms with van der Waals surface area (Å²) in [4.78, 5) is 11.6. The van der Waals surface area contributed by atoms with E-state index in [4.69, 9.17) is 0 Å². The van der Waals surface area contributed by atoms with Crippen molar-refractivity contribution in [1.82, 2.24) is 5.32 Å². The fourth-order valence-corrected chi connectivity index (χ4v) is 3.67. The number of carbonyl (C=O) groups is 1. The highest BCUT2D eigenvalue weighted by Crippen LogP contribution is 2.14. The van der Waals surface area contributed by atoms with Crippen LogP contribution in [0.3, 0.4) is 0 Å². The second-order valence-corrected chi connectivity index (χ2v) is 6.87. The molecule has 0 radical (unpaired) electrons. The molecule has 2 N–H and O–H groups in total. The number of amides is 1. The van der Waals surface area contributed by atoms with Gasteiger partial charge in [0.05, 0.1) is 23.7 Å². The molecule has 1 heterocycles. The first kappa shape index (κ1) is 14.7. The maximum Gasteiger partial charge on any atom is 0.239 e. The van der Waals surface area contributed by atoms with Crippen molar-refractivity contribution in [3.8, 4) is 0 Å². The first-order valence-electron chi connectivity index (χ1n) is 6.04. The maximum absolute atomic E-state index is 13.3. The lowest BCUT2D eigenvalue weighted by atomic mass is 10.2. The van der Waals surface area contributed by atoms with Gasteiger partial charge in [-0.3, -0.25) is 4.79 Å². The van der Waals surface area contributed by atoms with E-state index >= 15 is 0 Å². The Morgan fingerprint density at radius 1 is 1.35 bits per heavy atom. The van der Waals surface area contributed by atoms with Crippen LogP contribution in [0, 0.1) is 11.6 Å². The van der Waals surface area contributed by atoms with E-state index in [0.29, 0.717) is 12.5 Å². The monoisotopic (exact) mass is 304 g/mol. The minimum Gasteiger partial charge on any atom is -0.374 e. The lowest BCUT2D eigenvalue weighted by molar-refractivity contribution is -0.119. The van der Waals surface area contributed by atoms with Crippen molar-refractivity contribution in [2.45, 2.75) is 12.5 Å². The lowest BCUT2D eigenvalue weighted by Crippen LogP contribution is -2.39. The second-order valence-electron chi connectivity index (χ2n) is 4.65. The van der Waals surface area contributed by atoms with Crippen molar-refractivity contribution in [1.29, 1.82) is 0 Å².